The highest BCUT2D eigenvalue weighted by Crippen LogP contribution is 2.26. The summed E-state index contributed by atoms with van der Waals surface area (Å²) in [6.07, 6.45) is 2.08. The predicted octanol–water partition coefficient (Wildman–Crippen LogP) is 5.13. The molecule has 0 radical (unpaired) electrons. The number of anilines is 2. The van der Waals surface area contributed by atoms with Crippen molar-refractivity contribution in [2.24, 2.45) is 0 Å². The average molecular weight is 433 g/mol. The van der Waals surface area contributed by atoms with E-state index in [0.717, 1.165) is 10.7 Å². The zero-order chi connectivity index (χ0) is 20.8. The summed E-state index contributed by atoms with van der Waals surface area (Å²) in [5, 5.41) is 11.6. The van der Waals surface area contributed by atoms with Gasteiger partial charge in [0.05, 0.1) is 27.7 Å². The Balaban J connectivity index is 1.48. The molecule has 3 rings (SSSR count). The van der Waals surface area contributed by atoms with Crippen LogP contribution in [0.25, 0.3) is 0 Å². The molecule has 3 aromatic rings. The van der Waals surface area contributed by atoms with Crippen LogP contribution in [0.1, 0.15) is 41.0 Å². The fraction of sp³-hybridized carbons (Fsp3) is 0.250. The normalized spacial score (nSPS) is 10.8. The van der Waals surface area contributed by atoms with E-state index in [0.29, 0.717) is 35.3 Å². The molecule has 3 amide bonds. The predicted molar refractivity (Wildman–Crippen MR) is 115 cm³/mol. The second-order valence-electron chi connectivity index (χ2n) is 6.59. The number of benzene rings is 1. The summed E-state index contributed by atoms with van der Waals surface area (Å²) in [6, 6.07) is 7.67. The number of rotatable bonds is 7. The minimum absolute atomic E-state index is 0.184. The monoisotopic (exact) mass is 432 g/mol. The lowest BCUT2D eigenvalue weighted by atomic mass is 10.2. The quantitative estimate of drug-likeness (QED) is 0.482. The summed E-state index contributed by atoms with van der Waals surface area (Å²) < 4.78 is 5.04. The largest absolute Gasteiger partial charge is 0.459 e. The van der Waals surface area contributed by atoms with Crippen molar-refractivity contribution in [3.63, 3.8) is 0 Å². The van der Waals surface area contributed by atoms with E-state index in [1.165, 1.54) is 6.26 Å². The number of nitrogens with one attached hydrogen (secondary N) is 3. The first-order valence-corrected chi connectivity index (χ1v) is 10.3. The van der Waals surface area contributed by atoms with Gasteiger partial charge in [-0.2, -0.15) is 0 Å². The van der Waals surface area contributed by atoms with Crippen LogP contribution >= 0.6 is 22.9 Å². The maximum absolute atomic E-state index is 12.1. The molecule has 152 valence electrons. The molecule has 2 aromatic heterocycles. The van der Waals surface area contributed by atoms with E-state index in [-0.39, 0.29) is 11.8 Å². The lowest BCUT2D eigenvalue weighted by molar-refractivity contribution is 0.0996. The number of amides is 3. The highest BCUT2D eigenvalue weighted by Gasteiger charge is 2.12. The molecule has 2 heterocycles. The topological polar surface area (TPSA) is 96.3 Å². The van der Waals surface area contributed by atoms with Crippen LogP contribution in [0.4, 0.5) is 16.2 Å². The van der Waals surface area contributed by atoms with Gasteiger partial charge >= 0.3 is 6.03 Å². The van der Waals surface area contributed by atoms with Crippen LogP contribution in [0.5, 0.6) is 0 Å². The standard InChI is InChI=1S/C20H21ClN4O3S/c1-12(2)19-23-14(11-29-19)7-8-22-20(27)24-13-5-6-16(15(21)10-13)25-18(26)17-4-3-9-28-17/h3-6,9-12H,7-8H2,1-2H3,(H,25,26)(H2,22,24,27). The van der Waals surface area contributed by atoms with Gasteiger partial charge in [-0.05, 0) is 30.3 Å². The van der Waals surface area contributed by atoms with Gasteiger partial charge in [0.15, 0.2) is 5.76 Å². The number of furan rings is 1. The van der Waals surface area contributed by atoms with Gasteiger partial charge in [0.1, 0.15) is 0 Å². The number of urea groups is 1. The summed E-state index contributed by atoms with van der Waals surface area (Å²) in [5.41, 5.74) is 1.90. The molecule has 1 aromatic carbocycles. The Labute approximate surface area is 177 Å². The zero-order valence-electron chi connectivity index (χ0n) is 16.0. The number of hydrogen-bond acceptors (Lipinski definition) is 5. The van der Waals surface area contributed by atoms with Gasteiger partial charge in [0, 0.05) is 30.0 Å². The first kappa shape index (κ1) is 20.9. The highest BCUT2D eigenvalue weighted by molar-refractivity contribution is 7.09. The van der Waals surface area contributed by atoms with Crippen LogP contribution in [0.3, 0.4) is 0 Å². The molecule has 9 heteroatoms. The zero-order valence-corrected chi connectivity index (χ0v) is 17.6. The van der Waals surface area contributed by atoms with E-state index < -0.39 is 5.91 Å². The van der Waals surface area contributed by atoms with Gasteiger partial charge in [0.2, 0.25) is 0 Å². The fourth-order valence-electron chi connectivity index (χ4n) is 2.47. The van der Waals surface area contributed by atoms with E-state index in [9.17, 15) is 9.59 Å². The van der Waals surface area contributed by atoms with E-state index in [2.05, 4.69) is 34.8 Å². The SMILES string of the molecule is CC(C)c1nc(CCNC(=O)Nc2ccc(NC(=O)c3ccco3)c(Cl)c2)cs1. The smallest absolute Gasteiger partial charge is 0.319 e. The third-order valence-corrected chi connectivity index (χ3v) is 5.46. The van der Waals surface area contributed by atoms with E-state index in [1.54, 1.807) is 41.7 Å². The Kier molecular flexibility index (Phi) is 6.90. The molecular weight excluding hydrogens is 412 g/mol. The Hall–Kier alpha value is -2.84. The van der Waals surface area contributed by atoms with Crippen molar-refractivity contribution < 1.29 is 14.0 Å². The Morgan fingerprint density at radius 3 is 2.72 bits per heavy atom. The average Bonchev–Trinajstić information content (AvgIpc) is 3.36. The van der Waals surface area contributed by atoms with Crippen molar-refractivity contribution in [1.82, 2.24) is 10.3 Å². The first-order chi connectivity index (χ1) is 13.9. The molecule has 0 saturated heterocycles. The molecule has 0 saturated carbocycles. The number of aromatic nitrogens is 1. The van der Waals surface area contributed by atoms with Gasteiger partial charge < -0.3 is 20.4 Å². The third kappa shape index (κ3) is 5.82. The van der Waals surface area contributed by atoms with Crippen molar-refractivity contribution in [3.8, 4) is 0 Å². The minimum atomic E-state index is -0.405. The van der Waals surface area contributed by atoms with Crippen LogP contribution in [0.2, 0.25) is 5.02 Å². The van der Waals surface area contributed by atoms with Crippen molar-refractivity contribution in [3.05, 3.63) is 63.5 Å². The molecule has 0 fully saturated rings. The first-order valence-electron chi connectivity index (χ1n) is 9.06. The van der Waals surface area contributed by atoms with E-state index in [4.69, 9.17) is 16.0 Å². The van der Waals surface area contributed by atoms with Crippen LogP contribution in [-0.4, -0.2) is 23.5 Å². The second kappa shape index (κ2) is 9.58. The Bertz CT molecular complexity index is 986. The molecule has 0 bridgehead atoms. The molecule has 0 spiro atoms. The van der Waals surface area contributed by atoms with Crippen molar-refractivity contribution in [1.29, 1.82) is 0 Å². The summed E-state index contributed by atoms with van der Waals surface area (Å²) in [6.45, 7) is 4.68. The molecule has 0 aliphatic heterocycles. The number of nitrogens with zero attached hydrogens (tertiary/aromatic N) is 1. The number of carbonyl (C=O) groups is 2. The van der Waals surface area contributed by atoms with Gasteiger partial charge in [-0.3, -0.25) is 4.79 Å². The minimum Gasteiger partial charge on any atom is -0.459 e. The van der Waals surface area contributed by atoms with Gasteiger partial charge in [-0.25, -0.2) is 9.78 Å². The fourth-order valence-corrected chi connectivity index (χ4v) is 3.57. The lowest BCUT2D eigenvalue weighted by Crippen LogP contribution is -2.30. The molecule has 0 atom stereocenters. The Morgan fingerprint density at radius 2 is 2.07 bits per heavy atom. The molecule has 0 aliphatic rings. The summed E-state index contributed by atoms with van der Waals surface area (Å²) in [4.78, 5) is 28.6. The molecule has 7 nitrogen and oxygen atoms in total. The Morgan fingerprint density at radius 1 is 1.24 bits per heavy atom. The van der Waals surface area contributed by atoms with E-state index in [1.807, 2.05) is 5.38 Å². The van der Waals surface area contributed by atoms with Crippen LogP contribution in [0.15, 0.2) is 46.4 Å². The van der Waals surface area contributed by atoms with Crippen LogP contribution in [0, 0.1) is 0 Å². The third-order valence-electron chi connectivity index (χ3n) is 3.95. The van der Waals surface area contributed by atoms with Crippen molar-refractivity contribution >= 4 is 46.3 Å². The number of carbonyl (C=O) groups excluding carboxylic acids is 2. The number of hydrogen-bond donors (Lipinski definition) is 3. The molecule has 3 N–H and O–H groups in total. The van der Waals surface area contributed by atoms with Gasteiger partial charge in [-0.1, -0.05) is 25.4 Å². The van der Waals surface area contributed by atoms with E-state index >= 15 is 0 Å². The summed E-state index contributed by atoms with van der Waals surface area (Å²) in [7, 11) is 0. The molecule has 0 aliphatic carbocycles. The second-order valence-corrected chi connectivity index (χ2v) is 7.89. The maximum atomic E-state index is 12.1. The molecule has 29 heavy (non-hydrogen) atoms. The lowest BCUT2D eigenvalue weighted by Gasteiger charge is -2.10. The van der Waals surface area contributed by atoms with Gasteiger partial charge in [-0.15, -0.1) is 11.3 Å². The molecule has 0 unspecified atom stereocenters. The van der Waals surface area contributed by atoms with Crippen molar-refractivity contribution in [2.45, 2.75) is 26.2 Å². The maximum Gasteiger partial charge on any atom is 0.319 e. The number of thiazole rings is 1. The van der Waals surface area contributed by atoms with Crippen LogP contribution < -0.4 is 16.0 Å². The highest BCUT2D eigenvalue weighted by atomic mass is 35.5. The van der Waals surface area contributed by atoms with Crippen LogP contribution in [-0.2, 0) is 6.42 Å². The van der Waals surface area contributed by atoms with Crippen molar-refractivity contribution in [2.75, 3.05) is 17.2 Å². The summed E-state index contributed by atoms with van der Waals surface area (Å²) >= 11 is 7.84. The summed E-state index contributed by atoms with van der Waals surface area (Å²) in [5.74, 6) is 0.183. The van der Waals surface area contributed by atoms with Gasteiger partial charge in [0.25, 0.3) is 5.91 Å². The molecular formula is C20H21ClN4O3S. The number of halogens is 1.